The summed E-state index contributed by atoms with van der Waals surface area (Å²) in [5, 5.41) is 0. The minimum Gasteiger partial charge on any atom is -0.324 e. The third kappa shape index (κ3) is 3.41. The van der Waals surface area contributed by atoms with Crippen molar-refractivity contribution in [2.45, 2.75) is 52.6 Å². The maximum atomic E-state index is 12.0. The van der Waals surface area contributed by atoms with Gasteiger partial charge in [-0.2, -0.15) is 0 Å². The Morgan fingerprint density at radius 2 is 2.19 bits per heavy atom. The van der Waals surface area contributed by atoms with Gasteiger partial charge >= 0.3 is 7.60 Å². The first-order chi connectivity index (χ1) is 7.28. The van der Waals surface area contributed by atoms with Gasteiger partial charge in [-0.25, -0.2) is 0 Å². The van der Waals surface area contributed by atoms with E-state index in [1.807, 2.05) is 20.8 Å². The van der Waals surface area contributed by atoms with Crippen molar-refractivity contribution in [3.63, 3.8) is 0 Å². The molecule has 0 aromatic carbocycles. The summed E-state index contributed by atoms with van der Waals surface area (Å²) in [5.74, 6) is -0.0378. The lowest BCUT2D eigenvalue weighted by molar-refractivity contribution is -0.138. The van der Waals surface area contributed by atoms with Crippen molar-refractivity contribution >= 4 is 13.4 Å². The smallest absolute Gasteiger partial charge is 0.324 e. The van der Waals surface area contributed by atoms with Crippen LogP contribution in [0.5, 0.6) is 0 Å². The van der Waals surface area contributed by atoms with Gasteiger partial charge in [-0.05, 0) is 25.7 Å². The molecular weight excluding hydrogens is 227 g/mol. The standard InChI is InChI=1S/C11H21O4P/c1-4-8-16(13,14)15-9-6-5-7-11(2,3)10(9)12/h9H,4-8H2,1-3H3,(H,13,14). The van der Waals surface area contributed by atoms with E-state index in [0.717, 1.165) is 12.8 Å². The van der Waals surface area contributed by atoms with Gasteiger partial charge < -0.3 is 4.89 Å². The van der Waals surface area contributed by atoms with Crippen LogP contribution in [-0.4, -0.2) is 22.9 Å². The Morgan fingerprint density at radius 3 is 2.75 bits per heavy atom. The summed E-state index contributed by atoms with van der Waals surface area (Å²) >= 11 is 0. The van der Waals surface area contributed by atoms with Crippen molar-refractivity contribution in [3.05, 3.63) is 0 Å². The molecule has 0 radical (unpaired) electrons. The highest BCUT2D eigenvalue weighted by Gasteiger charge is 2.40. The van der Waals surface area contributed by atoms with Gasteiger partial charge in [0.2, 0.25) is 0 Å². The predicted molar refractivity (Wildman–Crippen MR) is 62.5 cm³/mol. The van der Waals surface area contributed by atoms with Crippen LogP contribution < -0.4 is 0 Å². The number of ketones is 1. The lowest BCUT2D eigenvalue weighted by Gasteiger charge is -2.33. The van der Waals surface area contributed by atoms with Crippen LogP contribution in [0.25, 0.3) is 0 Å². The van der Waals surface area contributed by atoms with E-state index in [-0.39, 0.29) is 11.9 Å². The van der Waals surface area contributed by atoms with Crippen LogP contribution in [0.1, 0.15) is 46.5 Å². The second-order valence-corrected chi connectivity index (χ2v) is 7.03. The molecular formula is C11H21O4P. The van der Waals surface area contributed by atoms with Crippen molar-refractivity contribution in [2.24, 2.45) is 5.41 Å². The summed E-state index contributed by atoms with van der Waals surface area (Å²) in [4.78, 5) is 21.5. The van der Waals surface area contributed by atoms with Crippen molar-refractivity contribution in [1.82, 2.24) is 0 Å². The zero-order valence-corrected chi connectivity index (χ0v) is 11.1. The Balaban J connectivity index is 2.67. The average Bonchev–Trinajstić information content (AvgIpc) is 2.12. The first-order valence-electron chi connectivity index (χ1n) is 5.83. The van der Waals surface area contributed by atoms with Gasteiger partial charge in [0.25, 0.3) is 0 Å². The summed E-state index contributed by atoms with van der Waals surface area (Å²) in [7, 11) is -3.58. The second-order valence-electron chi connectivity index (χ2n) is 5.10. The van der Waals surface area contributed by atoms with Gasteiger partial charge in [0.1, 0.15) is 6.10 Å². The SMILES string of the molecule is CCCP(=O)(O)OC1CCCC(C)(C)C1=O. The van der Waals surface area contributed by atoms with E-state index in [0.29, 0.717) is 12.8 Å². The summed E-state index contributed by atoms with van der Waals surface area (Å²) in [5.41, 5.74) is -0.421. The molecule has 94 valence electrons. The lowest BCUT2D eigenvalue weighted by atomic mass is 9.75. The Bertz CT molecular complexity index is 311. The second kappa shape index (κ2) is 4.99. The number of hydrogen-bond donors (Lipinski definition) is 1. The van der Waals surface area contributed by atoms with Crippen molar-refractivity contribution in [3.8, 4) is 0 Å². The third-order valence-corrected chi connectivity index (χ3v) is 4.62. The normalized spacial score (nSPS) is 28.8. The zero-order chi connectivity index (χ0) is 12.4. The molecule has 1 rings (SSSR count). The molecule has 0 aromatic heterocycles. The van der Waals surface area contributed by atoms with Crippen molar-refractivity contribution < 1.29 is 18.8 Å². The molecule has 1 saturated carbocycles. The molecule has 0 aromatic rings. The molecule has 0 amide bonds. The van der Waals surface area contributed by atoms with Crippen molar-refractivity contribution in [1.29, 1.82) is 0 Å². The van der Waals surface area contributed by atoms with E-state index >= 15 is 0 Å². The van der Waals surface area contributed by atoms with Crippen LogP contribution >= 0.6 is 7.60 Å². The molecule has 1 aliphatic carbocycles. The van der Waals surface area contributed by atoms with Gasteiger partial charge in [0.05, 0.1) is 0 Å². The molecule has 0 bridgehead atoms. The monoisotopic (exact) mass is 248 g/mol. The molecule has 1 aliphatic rings. The van der Waals surface area contributed by atoms with Crippen LogP contribution in [0, 0.1) is 5.41 Å². The van der Waals surface area contributed by atoms with Gasteiger partial charge in [0.15, 0.2) is 5.78 Å². The number of carbonyl (C=O) groups excluding carboxylic acids is 1. The van der Waals surface area contributed by atoms with E-state index < -0.39 is 19.1 Å². The Hall–Kier alpha value is -0.180. The van der Waals surface area contributed by atoms with Gasteiger partial charge in [-0.15, -0.1) is 0 Å². The van der Waals surface area contributed by atoms with E-state index in [2.05, 4.69) is 0 Å². The highest BCUT2D eigenvalue weighted by Crippen LogP contribution is 2.47. The number of Topliss-reactive ketones (excluding diaryl/α,β-unsaturated/α-hetero) is 1. The quantitative estimate of drug-likeness (QED) is 0.777. The fraction of sp³-hybridized carbons (Fsp3) is 0.909. The lowest BCUT2D eigenvalue weighted by Crippen LogP contribution is -2.39. The van der Waals surface area contributed by atoms with E-state index in [1.165, 1.54) is 0 Å². The van der Waals surface area contributed by atoms with Crippen LogP contribution in [0.2, 0.25) is 0 Å². The molecule has 0 spiro atoms. The zero-order valence-electron chi connectivity index (χ0n) is 10.2. The maximum Gasteiger partial charge on any atom is 0.328 e. The molecule has 1 N–H and O–H groups in total. The summed E-state index contributed by atoms with van der Waals surface area (Å²) in [6.07, 6.45) is 2.28. The number of rotatable bonds is 4. The summed E-state index contributed by atoms with van der Waals surface area (Å²) in [6, 6.07) is 0. The molecule has 0 saturated heterocycles. The fourth-order valence-electron chi connectivity index (χ4n) is 2.05. The van der Waals surface area contributed by atoms with Gasteiger partial charge in [-0.1, -0.05) is 20.8 Å². The molecule has 5 heteroatoms. The van der Waals surface area contributed by atoms with Crippen LogP contribution in [0.3, 0.4) is 0 Å². The third-order valence-electron chi connectivity index (χ3n) is 3.03. The van der Waals surface area contributed by atoms with Crippen LogP contribution in [-0.2, 0) is 13.9 Å². The maximum absolute atomic E-state index is 12.0. The molecule has 2 unspecified atom stereocenters. The first-order valence-corrected chi connectivity index (χ1v) is 7.59. The number of hydrogen-bond acceptors (Lipinski definition) is 3. The molecule has 16 heavy (non-hydrogen) atoms. The van der Waals surface area contributed by atoms with Gasteiger partial charge in [-0.3, -0.25) is 13.9 Å². The summed E-state index contributed by atoms with van der Waals surface area (Å²) < 4.78 is 16.7. The van der Waals surface area contributed by atoms with E-state index in [1.54, 1.807) is 0 Å². The molecule has 4 nitrogen and oxygen atoms in total. The average molecular weight is 248 g/mol. The van der Waals surface area contributed by atoms with Crippen LogP contribution in [0.15, 0.2) is 0 Å². The Labute approximate surface area is 96.9 Å². The molecule has 0 aliphatic heterocycles. The topological polar surface area (TPSA) is 63.6 Å². The highest BCUT2D eigenvalue weighted by molar-refractivity contribution is 7.52. The van der Waals surface area contributed by atoms with Crippen molar-refractivity contribution in [2.75, 3.05) is 6.16 Å². The molecule has 0 heterocycles. The van der Waals surface area contributed by atoms with E-state index in [4.69, 9.17) is 4.52 Å². The first kappa shape index (κ1) is 13.9. The summed E-state index contributed by atoms with van der Waals surface area (Å²) in [6.45, 7) is 5.55. The number of carbonyl (C=O) groups is 1. The Morgan fingerprint density at radius 1 is 1.56 bits per heavy atom. The highest BCUT2D eigenvalue weighted by atomic mass is 31.2. The predicted octanol–water partition coefficient (Wildman–Crippen LogP) is 2.75. The fourth-order valence-corrected chi connectivity index (χ4v) is 3.32. The molecule has 1 fully saturated rings. The Kier molecular flexibility index (Phi) is 4.33. The largest absolute Gasteiger partial charge is 0.328 e. The molecule has 2 atom stereocenters. The van der Waals surface area contributed by atoms with E-state index in [9.17, 15) is 14.3 Å². The van der Waals surface area contributed by atoms with Gasteiger partial charge in [0, 0.05) is 11.6 Å². The minimum atomic E-state index is -3.58. The van der Waals surface area contributed by atoms with Crippen LogP contribution in [0.4, 0.5) is 0 Å². The minimum absolute atomic E-state index is 0.0378.